The number of aliphatic hydroxyl groups excluding tert-OH is 1. The zero-order chi connectivity index (χ0) is 13.2. The van der Waals surface area contributed by atoms with E-state index in [9.17, 15) is 19.5 Å². The van der Waals surface area contributed by atoms with Crippen molar-refractivity contribution in [1.29, 1.82) is 0 Å². The van der Waals surface area contributed by atoms with Crippen molar-refractivity contribution < 1.29 is 34.1 Å². The molecular weight excluding hydrogens is 232 g/mol. The number of aliphatic carboxylic acids is 1. The number of carboxylic acid groups (broad SMARTS) is 1. The highest BCUT2D eigenvalue weighted by atomic mass is 16.7. The molecule has 1 heterocycles. The summed E-state index contributed by atoms with van der Waals surface area (Å²) in [5.41, 5.74) is -0.648. The molecule has 0 spiro atoms. The molecule has 2 N–H and O–H groups in total. The number of rotatable bonds is 3. The van der Waals surface area contributed by atoms with Gasteiger partial charge in [-0.15, -0.1) is 0 Å². The topological polar surface area (TPSA) is 110 Å². The molecule has 0 aliphatic carbocycles. The van der Waals surface area contributed by atoms with Crippen LogP contribution >= 0.6 is 0 Å². The largest absolute Gasteiger partial charge is 0.511 e. The van der Waals surface area contributed by atoms with Crippen LogP contribution in [0.5, 0.6) is 0 Å². The predicted molar refractivity (Wildman–Crippen MR) is 52.8 cm³/mol. The summed E-state index contributed by atoms with van der Waals surface area (Å²) in [6.45, 7) is 2.74. The van der Waals surface area contributed by atoms with Gasteiger partial charge in [-0.05, 0) is 0 Å². The Morgan fingerprint density at radius 1 is 1.12 bits per heavy atom. The summed E-state index contributed by atoms with van der Waals surface area (Å²) in [4.78, 5) is 33.1. The van der Waals surface area contributed by atoms with Crippen LogP contribution < -0.4 is 0 Å². The Bertz CT molecular complexity index is 383. The van der Waals surface area contributed by atoms with Gasteiger partial charge in [0.05, 0.1) is 6.42 Å². The molecule has 1 aliphatic rings. The van der Waals surface area contributed by atoms with Crippen LogP contribution in [0.1, 0.15) is 26.7 Å². The van der Waals surface area contributed by atoms with Crippen molar-refractivity contribution in [2.45, 2.75) is 32.5 Å². The van der Waals surface area contributed by atoms with E-state index in [-0.39, 0.29) is 6.42 Å². The third-order valence-electron chi connectivity index (χ3n) is 1.95. The standard InChI is InChI=1S/C10H12O7/c1-10(2)16-8(14)7(9(15)17-10)5(11)3-4-6(12)13/h11H,3-4H2,1-2H3,(H,12,13). The molecule has 0 saturated carbocycles. The Morgan fingerprint density at radius 3 is 2.00 bits per heavy atom. The molecule has 1 saturated heterocycles. The van der Waals surface area contributed by atoms with Crippen LogP contribution in [0.25, 0.3) is 0 Å². The van der Waals surface area contributed by atoms with Crippen LogP contribution in [0.3, 0.4) is 0 Å². The first-order valence-corrected chi connectivity index (χ1v) is 4.83. The number of hydrogen-bond donors (Lipinski definition) is 2. The number of hydrogen-bond acceptors (Lipinski definition) is 6. The zero-order valence-corrected chi connectivity index (χ0v) is 9.35. The summed E-state index contributed by atoms with van der Waals surface area (Å²) in [6.07, 6.45) is -0.741. The van der Waals surface area contributed by atoms with Gasteiger partial charge in [-0.3, -0.25) is 4.79 Å². The van der Waals surface area contributed by atoms with Gasteiger partial charge in [0.1, 0.15) is 5.76 Å². The number of carbonyl (C=O) groups is 3. The summed E-state index contributed by atoms with van der Waals surface area (Å²) in [6, 6.07) is 0. The fourth-order valence-electron chi connectivity index (χ4n) is 1.24. The lowest BCUT2D eigenvalue weighted by atomic mass is 10.1. The van der Waals surface area contributed by atoms with E-state index in [1.54, 1.807) is 0 Å². The molecule has 17 heavy (non-hydrogen) atoms. The molecule has 1 rings (SSSR count). The van der Waals surface area contributed by atoms with E-state index in [1.807, 2.05) is 0 Å². The highest BCUT2D eigenvalue weighted by Gasteiger charge is 2.41. The molecule has 0 aromatic rings. The molecule has 0 aromatic carbocycles. The van der Waals surface area contributed by atoms with Gasteiger partial charge < -0.3 is 19.7 Å². The van der Waals surface area contributed by atoms with Crippen LogP contribution in [0, 0.1) is 0 Å². The minimum absolute atomic E-state index is 0.338. The van der Waals surface area contributed by atoms with Crippen molar-refractivity contribution in [3.05, 3.63) is 11.3 Å². The molecule has 0 radical (unpaired) electrons. The fraction of sp³-hybridized carbons (Fsp3) is 0.500. The molecule has 1 fully saturated rings. The van der Waals surface area contributed by atoms with Gasteiger partial charge in [0.15, 0.2) is 5.57 Å². The van der Waals surface area contributed by atoms with E-state index in [4.69, 9.17) is 14.6 Å². The monoisotopic (exact) mass is 244 g/mol. The molecule has 94 valence electrons. The maximum Gasteiger partial charge on any atom is 0.352 e. The first-order chi connectivity index (χ1) is 7.73. The first kappa shape index (κ1) is 13.0. The maximum atomic E-state index is 11.4. The van der Waals surface area contributed by atoms with Crippen molar-refractivity contribution in [2.24, 2.45) is 0 Å². The maximum absolute atomic E-state index is 11.4. The Kier molecular flexibility index (Phi) is 3.40. The lowest BCUT2D eigenvalue weighted by Gasteiger charge is -2.30. The van der Waals surface area contributed by atoms with Crippen molar-refractivity contribution in [2.75, 3.05) is 0 Å². The second kappa shape index (κ2) is 4.44. The van der Waals surface area contributed by atoms with Gasteiger partial charge in [-0.25, -0.2) is 9.59 Å². The number of carbonyl (C=O) groups excluding carboxylic acids is 2. The fourth-order valence-corrected chi connectivity index (χ4v) is 1.24. The van der Waals surface area contributed by atoms with Crippen molar-refractivity contribution in [3.8, 4) is 0 Å². The lowest BCUT2D eigenvalue weighted by Crippen LogP contribution is -2.42. The highest BCUT2D eigenvalue weighted by molar-refractivity contribution is 6.15. The van der Waals surface area contributed by atoms with Gasteiger partial charge in [0, 0.05) is 20.3 Å². The van der Waals surface area contributed by atoms with Gasteiger partial charge in [0.25, 0.3) is 5.79 Å². The second-order valence-electron chi connectivity index (χ2n) is 3.89. The molecule has 0 unspecified atom stereocenters. The molecule has 0 atom stereocenters. The Morgan fingerprint density at radius 2 is 1.59 bits per heavy atom. The summed E-state index contributed by atoms with van der Waals surface area (Å²) >= 11 is 0. The number of allylic oxidation sites excluding steroid dienone is 1. The average Bonchev–Trinajstić information content (AvgIpc) is 2.11. The average molecular weight is 244 g/mol. The zero-order valence-electron chi connectivity index (χ0n) is 9.35. The molecule has 7 heteroatoms. The van der Waals surface area contributed by atoms with Crippen LogP contribution in [0.2, 0.25) is 0 Å². The van der Waals surface area contributed by atoms with Crippen LogP contribution in [0.15, 0.2) is 11.3 Å². The third-order valence-corrected chi connectivity index (χ3v) is 1.95. The molecular formula is C10H12O7. The number of ether oxygens (including phenoxy) is 2. The van der Waals surface area contributed by atoms with Crippen molar-refractivity contribution in [1.82, 2.24) is 0 Å². The van der Waals surface area contributed by atoms with E-state index in [0.29, 0.717) is 0 Å². The molecule has 7 nitrogen and oxygen atoms in total. The molecule has 0 amide bonds. The lowest BCUT2D eigenvalue weighted by molar-refractivity contribution is -0.222. The van der Waals surface area contributed by atoms with E-state index < -0.39 is 41.4 Å². The molecule has 0 aromatic heterocycles. The number of cyclic esters (lactones) is 2. The quantitative estimate of drug-likeness (QED) is 0.322. The summed E-state index contributed by atoms with van der Waals surface area (Å²) in [7, 11) is 0. The Balaban J connectivity index is 2.89. The van der Waals surface area contributed by atoms with Gasteiger partial charge in [0.2, 0.25) is 0 Å². The minimum atomic E-state index is -1.38. The normalized spacial score (nSPS) is 18.4. The SMILES string of the molecule is CC1(C)OC(=O)C(=C(O)CCC(=O)O)C(=O)O1. The van der Waals surface area contributed by atoms with Crippen molar-refractivity contribution in [3.63, 3.8) is 0 Å². The summed E-state index contributed by atoms with van der Waals surface area (Å²) < 4.78 is 9.47. The number of aliphatic hydroxyl groups is 1. The third kappa shape index (κ3) is 3.20. The van der Waals surface area contributed by atoms with E-state index >= 15 is 0 Å². The minimum Gasteiger partial charge on any atom is -0.511 e. The van der Waals surface area contributed by atoms with Crippen LogP contribution in [-0.2, 0) is 23.9 Å². The molecule has 1 aliphatic heterocycles. The second-order valence-corrected chi connectivity index (χ2v) is 3.89. The van der Waals surface area contributed by atoms with Crippen LogP contribution in [0.4, 0.5) is 0 Å². The van der Waals surface area contributed by atoms with Gasteiger partial charge in [-0.2, -0.15) is 0 Å². The van der Waals surface area contributed by atoms with Gasteiger partial charge >= 0.3 is 17.9 Å². The van der Waals surface area contributed by atoms with Crippen LogP contribution in [-0.4, -0.2) is 33.9 Å². The molecule has 0 bridgehead atoms. The predicted octanol–water partition coefficient (Wildman–Crippen LogP) is 0.499. The van der Waals surface area contributed by atoms with Crippen molar-refractivity contribution >= 4 is 17.9 Å². The van der Waals surface area contributed by atoms with E-state index in [2.05, 4.69) is 0 Å². The summed E-state index contributed by atoms with van der Waals surface area (Å²) in [5.74, 6) is -5.22. The Labute approximate surface area is 96.6 Å². The van der Waals surface area contributed by atoms with Gasteiger partial charge in [-0.1, -0.05) is 0 Å². The van der Waals surface area contributed by atoms with E-state index in [1.165, 1.54) is 13.8 Å². The Hall–Kier alpha value is -2.05. The summed E-state index contributed by atoms with van der Waals surface area (Å²) in [5, 5.41) is 17.9. The first-order valence-electron chi connectivity index (χ1n) is 4.83. The number of esters is 2. The highest BCUT2D eigenvalue weighted by Crippen LogP contribution is 2.25. The smallest absolute Gasteiger partial charge is 0.352 e. The van der Waals surface area contributed by atoms with E-state index in [0.717, 1.165) is 0 Å². The number of carboxylic acids is 1.